The largest absolute Gasteiger partial charge is 0.478 e. The molecule has 1 fully saturated rings. The number of fused-ring (bicyclic) bond motifs is 1. The number of nitrogens with zero attached hydrogens (tertiary/aromatic N) is 6. The molecule has 0 aromatic carbocycles. The van der Waals surface area contributed by atoms with Crippen LogP contribution in [0.25, 0.3) is 11.0 Å². The molecular weight excluding hydrogens is 410 g/mol. The zero-order chi connectivity index (χ0) is 23.0. The number of hydrogen-bond donors (Lipinski definition) is 1. The molecule has 1 N–H and O–H groups in total. The Labute approximate surface area is 186 Å². The number of rotatable bonds is 7. The van der Waals surface area contributed by atoms with Crippen molar-refractivity contribution >= 4 is 28.3 Å². The lowest BCUT2D eigenvalue weighted by Crippen LogP contribution is -2.34. The Morgan fingerprint density at radius 3 is 2.84 bits per heavy atom. The number of pyridine rings is 1. The maximum absolute atomic E-state index is 13.5. The molecule has 0 radical (unpaired) electrons. The van der Waals surface area contributed by atoms with Crippen LogP contribution in [-0.2, 0) is 18.4 Å². The van der Waals surface area contributed by atoms with Crippen molar-refractivity contribution in [1.82, 2.24) is 28.8 Å². The molecule has 10 nitrogen and oxygen atoms in total. The van der Waals surface area contributed by atoms with Crippen LogP contribution in [0.4, 0.5) is 11.4 Å². The first-order valence-electron chi connectivity index (χ1n) is 10.7. The van der Waals surface area contributed by atoms with Crippen molar-refractivity contribution in [2.75, 3.05) is 19.5 Å². The molecule has 2 unspecified atom stereocenters. The molecule has 0 spiro atoms. The maximum Gasteiger partial charge on any atom is 0.277 e. The lowest BCUT2D eigenvalue weighted by molar-refractivity contribution is -0.126. The fourth-order valence-electron chi connectivity index (χ4n) is 4.50. The van der Waals surface area contributed by atoms with E-state index in [2.05, 4.69) is 22.0 Å². The first-order valence-corrected chi connectivity index (χ1v) is 10.7. The van der Waals surface area contributed by atoms with Crippen LogP contribution in [0.1, 0.15) is 32.2 Å². The van der Waals surface area contributed by atoms with Crippen LogP contribution >= 0.6 is 0 Å². The SMILES string of the molecule is C=CC(=O)N(C)C1CCC(n2cc(Nc3cn(C)nc3OC)c3ncn(CC)c3c2=O)C1. The summed E-state index contributed by atoms with van der Waals surface area (Å²) in [5.41, 5.74) is 2.48. The highest BCUT2D eigenvalue weighted by atomic mass is 16.5. The number of aromatic nitrogens is 5. The quantitative estimate of drug-likeness (QED) is 0.568. The van der Waals surface area contributed by atoms with E-state index in [-0.39, 0.29) is 23.6 Å². The number of likely N-dealkylation sites (N-methyl/N-ethyl adjacent to an activating group) is 1. The molecule has 3 heterocycles. The van der Waals surface area contributed by atoms with Crippen LogP contribution in [-0.4, -0.2) is 54.9 Å². The van der Waals surface area contributed by atoms with Gasteiger partial charge < -0.3 is 24.1 Å². The van der Waals surface area contributed by atoms with Gasteiger partial charge in [-0.05, 0) is 32.3 Å². The topological polar surface area (TPSA) is 99.2 Å². The molecule has 4 rings (SSSR count). The first kappa shape index (κ1) is 21.7. The fraction of sp³-hybridized carbons (Fsp3) is 0.455. The molecule has 3 aromatic rings. The van der Waals surface area contributed by atoms with Gasteiger partial charge in [-0.15, -0.1) is 5.10 Å². The Kier molecular flexibility index (Phi) is 5.77. The molecule has 0 aliphatic heterocycles. The van der Waals surface area contributed by atoms with E-state index < -0.39 is 0 Å². The van der Waals surface area contributed by atoms with Crippen molar-refractivity contribution in [2.24, 2.45) is 7.05 Å². The van der Waals surface area contributed by atoms with E-state index in [1.165, 1.54) is 6.08 Å². The Hall–Kier alpha value is -3.56. The lowest BCUT2D eigenvalue weighted by Gasteiger charge is -2.24. The summed E-state index contributed by atoms with van der Waals surface area (Å²) in [6.07, 6.45) is 9.01. The Bertz CT molecular complexity index is 1220. The van der Waals surface area contributed by atoms with Gasteiger partial charge in [0.15, 0.2) is 0 Å². The van der Waals surface area contributed by atoms with Gasteiger partial charge in [0.05, 0.1) is 25.3 Å². The van der Waals surface area contributed by atoms with Crippen LogP contribution in [0, 0.1) is 0 Å². The summed E-state index contributed by atoms with van der Waals surface area (Å²) in [7, 11) is 5.17. The van der Waals surface area contributed by atoms with Gasteiger partial charge in [0.2, 0.25) is 5.91 Å². The minimum absolute atomic E-state index is 0.0199. The van der Waals surface area contributed by atoms with Gasteiger partial charge in [0.25, 0.3) is 11.4 Å². The third-order valence-corrected chi connectivity index (χ3v) is 6.24. The van der Waals surface area contributed by atoms with Crippen LogP contribution in [0.5, 0.6) is 5.88 Å². The second-order valence-electron chi connectivity index (χ2n) is 8.11. The molecule has 3 aromatic heterocycles. The van der Waals surface area contributed by atoms with E-state index in [1.54, 1.807) is 34.6 Å². The third-order valence-electron chi connectivity index (χ3n) is 6.24. The molecule has 10 heteroatoms. The van der Waals surface area contributed by atoms with Gasteiger partial charge in [-0.2, -0.15) is 0 Å². The third kappa shape index (κ3) is 3.65. The molecule has 0 saturated heterocycles. The summed E-state index contributed by atoms with van der Waals surface area (Å²) in [5.74, 6) is 0.354. The smallest absolute Gasteiger partial charge is 0.277 e. The normalized spacial score (nSPS) is 18.1. The average Bonchev–Trinajstić information content (AvgIpc) is 3.52. The standard InChI is InChI=1S/C22H29N7O3/c1-6-18(30)27(4)14-8-9-15(10-14)29-12-16(24-17-11-26(3)25-21(17)32-5)19-20(22(29)31)28(7-2)13-23-19/h6,11-15,24H,1,7-10H2,2-5H3. The van der Waals surface area contributed by atoms with Crippen molar-refractivity contribution in [1.29, 1.82) is 0 Å². The minimum atomic E-state index is -0.103. The van der Waals surface area contributed by atoms with Crippen LogP contribution < -0.4 is 15.6 Å². The van der Waals surface area contributed by atoms with Crippen molar-refractivity contribution in [3.8, 4) is 5.88 Å². The molecule has 1 aliphatic carbocycles. The Morgan fingerprint density at radius 1 is 1.38 bits per heavy atom. The zero-order valence-electron chi connectivity index (χ0n) is 18.9. The number of imidazole rings is 1. The van der Waals surface area contributed by atoms with E-state index >= 15 is 0 Å². The number of nitrogens with one attached hydrogen (secondary N) is 1. The van der Waals surface area contributed by atoms with Gasteiger partial charge >= 0.3 is 0 Å². The van der Waals surface area contributed by atoms with Crippen molar-refractivity contribution in [3.05, 3.63) is 41.7 Å². The number of anilines is 2. The van der Waals surface area contributed by atoms with E-state index in [0.29, 0.717) is 41.3 Å². The van der Waals surface area contributed by atoms with E-state index in [0.717, 1.165) is 12.8 Å². The molecule has 32 heavy (non-hydrogen) atoms. The monoisotopic (exact) mass is 439 g/mol. The van der Waals surface area contributed by atoms with Gasteiger partial charge in [0.1, 0.15) is 16.7 Å². The molecule has 2 atom stereocenters. The second kappa shape index (κ2) is 8.52. The highest BCUT2D eigenvalue weighted by Crippen LogP contribution is 2.35. The molecule has 170 valence electrons. The number of aryl methyl sites for hydroxylation is 2. The summed E-state index contributed by atoms with van der Waals surface area (Å²) in [6.45, 7) is 6.19. The number of amides is 1. The summed E-state index contributed by atoms with van der Waals surface area (Å²) in [4.78, 5) is 31.8. The van der Waals surface area contributed by atoms with Crippen molar-refractivity contribution < 1.29 is 9.53 Å². The van der Waals surface area contributed by atoms with Gasteiger partial charge in [-0.25, -0.2) is 4.98 Å². The summed E-state index contributed by atoms with van der Waals surface area (Å²) >= 11 is 0. The predicted octanol–water partition coefficient (Wildman–Crippen LogP) is 2.44. The molecule has 0 bridgehead atoms. The van der Waals surface area contributed by atoms with E-state index in [9.17, 15) is 9.59 Å². The number of carbonyl (C=O) groups excluding carboxylic acids is 1. The molecule has 1 saturated carbocycles. The Balaban J connectivity index is 1.76. The number of hydrogen-bond acceptors (Lipinski definition) is 6. The highest BCUT2D eigenvalue weighted by molar-refractivity contribution is 5.90. The van der Waals surface area contributed by atoms with E-state index in [4.69, 9.17) is 4.74 Å². The molecule has 1 aliphatic rings. The number of methoxy groups -OCH3 is 1. The average molecular weight is 440 g/mol. The van der Waals surface area contributed by atoms with Crippen LogP contribution in [0.3, 0.4) is 0 Å². The van der Waals surface area contributed by atoms with E-state index in [1.807, 2.05) is 30.9 Å². The maximum atomic E-state index is 13.5. The fourth-order valence-corrected chi connectivity index (χ4v) is 4.50. The lowest BCUT2D eigenvalue weighted by atomic mass is 10.2. The minimum Gasteiger partial charge on any atom is -0.478 e. The number of ether oxygens (including phenoxy) is 1. The number of carbonyl (C=O) groups is 1. The summed E-state index contributed by atoms with van der Waals surface area (Å²) in [6, 6.07) is 0.0486. The molecular formula is C22H29N7O3. The van der Waals surface area contributed by atoms with Gasteiger partial charge in [-0.3, -0.25) is 14.3 Å². The van der Waals surface area contributed by atoms with Crippen LogP contribution in [0.2, 0.25) is 0 Å². The first-order chi connectivity index (χ1) is 15.4. The van der Waals surface area contributed by atoms with Crippen molar-refractivity contribution in [3.63, 3.8) is 0 Å². The zero-order valence-corrected chi connectivity index (χ0v) is 18.9. The van der Waals surface area contributed by atoms with Gasteiger partial charge in [-0.1, -0.05) is 6.58 Å². The predicted molar refractivity (Wildman–Crippen MR) is 122 cm³/mol. The van der Waals surface area contributed by atoms with Crippen molar-refractivity contribution in [2.45, 2.75) is 44.8 Å². The summed E-state index contributed by atoms with van der Waals surface area (Å²) in [5, 5.41) is 7.65. The molecule has 1 amide bonds. The highest BCUT2D eigenvalue weighted by Gasteiger charge is 2.31. The second-order valence-corrected chi connectivity index (χ2v) is 8.11. The van der Waals surface area contributed by atoms with Crippen LogP contribution in [0.15, 0.2) is 36.2 Å². The Morgan fingerprint density at radius 2 is 2.16 bits per heavy atom. The summed E-state index contributed by atoms with van der Waals surface area (Å²) < 4.78 is 10.7. The van der Waals surface area contributed by atoms with Gasteiger partial charge in [0, 0.05) is 38.9 Å².